The van der Waals surface area contributed by atoms with E-state index in [1.165, 1.54) is 0 Å². The molecule has 0 saturated heterocycles. The third-order valence-electron chi connectivity index (χ3n) is 4.46. The maximum Gasteiger partial charge on any atom is 0.269 e. The van der Waals surface area contributed by atoms with E-state index < -0.39 is 23.0 Å². The van der Waals surface area contributed by atoms with E-state index >= 15 is 0 Å². The molecule has 26 heavy (non-hydrogen) atoms. The van der Waals surface area contributed by atoms with Crippen LogP contribution in [0.15, 0.2) is 24.3 Å². The summed E-state index contributed by atoms with van der Waals surface area (Å²) in [6.07, 6.45) is -2.27. The normalized spacial score (nSPS) is 16.3. The highest BCUT2D eigenvalue weighted by molar-refractivity contribution is 8.02. The van der Waals surface area contributed by atoms with Crippen LogP contribution in [0.1, 0.15) is 34.1 Å². The minimum Gasteiger partial charge on any atom is -0.506 e. The lowest BCUT2D eigenvalue weighted by atomic mass is 10.0. The van der Waals surface area contributed by atoms with Gasteiger partial charge >= 0.3 is 0 Å². The smallest absolute Gasteiger partial charge is 0.269 e. The van der Waals surface area contributed by atoms with Gasteiger partial charge < -0.3 is 5.11 Å². The van der Waals surface area contributed by atoms with Gasteiger partial charge in [0.1, 0.15) is 15.7 Å². The largest absolute Gasteiger partial charge is 0.506 e. The van der Waals surface area contributed by atoms with Gasteiger partial charge in [-0.15, -0.1) is 11.3 Å². The second kappa shape index (κ2) is 6.66. The molecule has 1 aliphatic rings. The Morgan fingerprint density at radius 2 is 1.88 bits per heavy atom. The van der Waals surface area contributed by atoms with Gasteiger partial charge in [-0.2, -0.15) is 0 Å². The van der Waals surface area contributed by atoms with Gasteiger partial charge in [0, 0.05) is 10.4 Å². The molecule has 0 amide bonds. The van der Waals surface area contributed by atoms with Crippen LogP contribution >= 0.6 is 11.3 Å². The fourth-order valence-electron chi connectivity index (χ4n) is 3.26. The molecule has 0 spiro atoms. The Hall–Kier alpha value is -1.93. The Morgan fingerprint density at radius 3 is 2.46 bits per heavy atom. The number of aliphatic hydroxyl groups is 1. The summed E-state index contributed by atoms with van der Waals surface area (Å²) >= 11 is 1.12. The first kappa shape index (κ1) is 18.8. The summed E-state index contributed by atoms with van der Waals surface area (Å²) in [5.41, 5.74) is 2.09. The summed E-state index contributed by atoms with van der Waals surface area (Å²) < 4.78 is 53.4. The van der Waals surface area contributed by atoms with E-state index in [1.54, 1.807) is 38.1 Å². The second-order valence-corrected chi connectivity index (χ2v) is 9.09. The first-order valence-corrected chi connectivity index (χ1v) is 10.4. The van der Waals surface area contributed by atoms with Crippen LogP contribution in [0.25, 0.3) is 10.7 Å². The van der Waals surface area contributed by atoms with Gasteiger partial charge in [-0.3, -0.25) is 4.31 Å². The average molecular weight is 399 g/mol. The van der Waals surface area contributed by atoms with Crippen molar-refractivity contribution >= 4 is 37.0 Å². The molecule has 3 rings (SSSR count). The number of halogens is 2. The highest BCUT2D eigenvalue weighted by Crippen LogP contribution is 2.49. The highest BCUT2D eigenvalue weighted by Gasteiger charge is 2.42. The zero-order valence-electron chi connectivity index (χ0n) is 14.6. The number of hydrogen-bond donors (Lipinski definition) is 1. The molecule has 1 aromatic carbocycles. The molecule has 0 atom stereocenters. The van der Waals surface area contributed by atoms with Gasteiger partial charge in [0.25, 0.3) is 16.4 Å². The number of thiophene rings is 1. The van der Waals surface area contributed by atoms with Crippen LogP contribution in [-0.4, -0.2) is 26.5 Å². The predicted molar refractivity (Wildman–Crippen MR) is 101 cm³/mol. The molecule has 0 saturated carbocycles. The van der Waals surface area contributed by atoms with E-state index in [2.05, 4.69) is 0 Å². The maximum absolute atomic E-state index is 13.2. The SMILES string of the molecule is CCc1c(C)sc2c1C(O)=C(c1ccccc1C)S(=O)(=O)N2CC(F)F. The molecule has 0 radical (unpaired) electrons. The van der Waals surface area contributed by atoms with Crippen molar-refractivity contribution in [1.82, 2.24) is 0 Å². The Balaban J connectivity index is 2.40. The second-order valence-electron chi connectivity index (χ2n) is 6.09. The monoisotopic (exact) mass is 399 g/mol. The summed E-state index contributed by atoms with van der Waals surface area (Å²) in [5, 5.41) is 11.1. The van der Waals surface area contributed by atoms with E-state index in [0.717, 1.165) is 26.1 Å². The standard InChI is InChI=1S/C18H19F2NO3S2/c1-4-12-11(3)25-18-15(12)16(22)17(13-8-6-5-7-10(13)2)26(23,24)21(18)9-14(19)20/h5-8,14,22H,4,9H2,1-3H3. The van der Waals surface area contributed by atoms with Gasteiger partial charge in [-0.05, 0) is 31.4 Å². The van der Waals surface area contributed by atoms with Gasteiger partial charge in [-0.1, -0.05) is 31.2 Å². The number of aryl methyl sites for hydroxylation is 2. The minimum absolute atomic E-state index is 0.162. The zero-order valence-corrected chi connectivity index (χ0v) is 16.2. The van der Waals surface area contributed by atoms with Crippen molar-refractivity contribution in [2.45, 2.75) is 33.6 Å². The van der Waals surface area contributed by atoms with Crippen molar-refractivity contribution < 1.29 is 22.3 Å². The average Bonchev–Trinajstić information content (AvgIpc) is 2.89. The van der Waals surface area contributed by atoms with Crippen LogP contribution in [0.4, 0.5) is 13.8 Å². The molecule has 0 aliphatic carbocycles. The summed E-state index contributed by atoms with van der Waals surface area (Å²) in [7, 11) is -4.32. The van der Waals surface area contributed by atoms with Gasteiger partial charge in [-0.25, -0.2) is 17.2 Å². The summed E-state index contributed by atoms with van der Waals surface area (Å²) in [6.45, 7) is 4.46. The number of rotatable bonds is 4. The lowest BCUT2D eigenvalue weighted by Gasteiger charge is -2.30. The van der Waals surface area contributed by atoms with Crippen LogP contribution < -0.4 is 4.31 Å². The topological polar surface area (TPSA) is 57.6 Å². The number of sulfonamides is 1. The van der Waals surface area contributed by atoms with Crippen molar-refractivity contribution in [3.63, 3.8) is 0 Å². The summed E-state index contributed by atoms with van der Waals surface area (Å²) in [6, 6.07) is 6.71. The summed E-state index contributed by atoms with van der Waals surface area (Å²) in [4.78, 5) is 0.501. The molecule has 4 nitrogen and oxygen atoms in total. The Labute approximate surface area is 155 Å². The highest BCUT2D eigenvalue weighted by atomic mass is 32.2. The number of benzene rings is 1. The van der Waals surface area contributed by atoms with Crippen molar-refractivity contribution in [2.75, 3.05) is 10.8 Å². The summed E-state index contributed by atoms with van der Waals surface area (Å²) in [5.74, 6) is -0.360. The van der Waals surface area contributed by atoms with Crippen molar-refractivity contribution in [3.8, 4) is 0 Å². The third-order valence-corrected chi connectivity index (χ3v) is 7.59. The van der Waals surface area contributed by atoms with E-state index in [4.69, 9.17) is 0 Å². The molecule has 1 aromatic heterocycles. The first-order valence-electron chi connectivity index (χ1n) is 8.12. The Bertz CT molecular complexity index is 994. The van der Waals surface area contributed by atoms with E-state index in [0.29, 0.717) is 23.1 Å². The number of hydrogen-bond acceptors (Lipinski definition) is 4. The Kier molecular flexibility index (Phi) is 4.83. The maximum atomic E-state index is 13.2. The molecule has 1 aliphatic heterocycles. The lowest BCUT2D eigenvalue weighted by Crippen LogP contribution is -2.38. The van der Waals surface area contributed by atoms with Crippen LogP contribution in [0, 0.1) is 13.8 Å². The van der Waals surface area contributed by atoms with Crippen LogP contribution in [0.2, 0.25) is 0 Å². The molecular weight excluding hydrogens is 380 g/mol. The van der Waals surface area contributed by atoms with Gasteiger partial charge in [0.15, 0.2) is 0 Å². The van der Waals surface area contributed by atoms with Crippen molar-refractivity contribution in [2.24, 2.45) is 0 Å². The van der Waals surface area contributed by atoms with Crippen molar-refractivity contribution in [1.29, 1.82) is 0 Å². The number of nitrogens with zero attached hydrogens (tertiary/aromatic N) is 1. The molecule has 2 heterocycles. The van der Waals surface area contributed by atoms with E-state index in [9.17, 15) is 22.3 Å². The molecule has 0 fully saturated rings. The quantitative estimate of drug-likeness (QED) is 0.809. The lowest BCUT2D eigenvalue weighted by molar-refractivity contribution is 0.159. The van der Waals surface area contributed by atoms with Crippen LogP contribution in [-0.2, 0) is 16.4 Å². The third kappa shape index (κ3) is 2.81. The zero-order chi connectivity index (χ0) is 19.2. The number of alkyl halides is 2. The van der Waals surface area contributed by atoms with Gasteiger partial charge in [0.2, 0.25) is 0 Å². The number of fused-ring (bicyclic) bond motifs is 1. The molecule has 0 unspecified atom stereocenters. The molecule has 0 bridgehead atoms. The first-order chi connectivity index (χ1) is 12.2. The fraction of sp³-hybridized carbons (Fsp3) is 0.333. The fourth-order valence-corrected chi connectivity index (χ4v) is 6.52. The predicted octanol–water partition coefficient (Wildman–Crippen LogP) is 4.73. The molecule has 2 aromatic rings. The van der Waals surface area contributed by atoms with Crippen LogP contribution in [0.3, 0.4) is 0 Å². The number of anilines is 1. The number of aliphatic hydroxyl groups excluding tert-OH is 1. The van der Waals surface area contributed by atoms with Crippen LogP contribution in [0.5, 0.6) is 0 Å². The molecule has 140 valence electrons. The molecule has 8 heteroatoms. The minimum atomic E-state index is -4.32. The molecule has 1 N–H and O–H groups in total. The molecular formula is C18H19F2NO3S2. The van der Waals surface area contributed by atoms with Gasteiger partial charge in [0.05, 0.1) is 12.1 Å². The Morgan fingerprint density at radius 1 is 1.23 bits per heavy atom. The van der Waals surface area contributed by atoms with E-state index in [-0.39, 0.29) is 15.7 Å². The van der Waals surface area contributed by atoms with Crippen molar-refractivity contribution in [3.05, 3.63) is 51.4 Å². The van der Waals surface area contributed by atoms with E-state index in [1.807, 2.05) is 6.92 Å².